The fourth-order valence-corrected chi connectivity index (χ4v) is 6.03. The molecule has 0 N–H and O–H groups in total. The van der Waals surface area contributed by atoms with E-state index in [1.165, 1.54) is 89.1 Å². The second-order valence-corrected chi connectivity index (χ2v) is 12.6. The number of pyridine rings is 1. The molecule has 2 aromatic carbocycles. The number of aryl methyl sites for hydroxylation is 1. The molecule has 1 heterocycles. The van der Waals surface area contributed by atoms with Gasteiger partial charge in [0.15, 0.2) is 17.7 Å². The lowest BCUT2D eigenvalue weighted by molar-refractivity contribution is -0.704. The quantitative estimate of drug-likeness (QED) is 0.0544. The Bertz CT molecular complexity index is 1370. The van der Waals surface area contributed by atoms with Crippen LogP contribution in [0.2, 0.25) is 0 Å². The van der Waals surface area contributed by atoms with Crippen LogP contribution in [0.25, 0.3) is 0 Å². The normalized spacial score (nSPS) is 10.9. The maximum Gasteiger partial charge on any atom is 0.265 e. The van der Waals surface area contributed by atoms with Gasteiger partial charge in [-0.25, -0.2) is 4.57 Å². The highest BCUT2D eigenvalue weighted by atomic mass is 16.5. The fraction of sp³-hybridized carbons (Fsp3) is 0.537. The maximum absolute atomic E-state index is 14.1. The van der Waals surface area contributed by atoms with Crippen molar-refractivity contribution in [2.45, 2.75) is 123 Å². The summed E-state index contributed by atoms with van der Waals surface area (Å²) in [6, 6.07) is 17.9. The number of para-hydroxylation sites is 1. The first kappa shape index (κ1) is 38.6. The Kier molecular flexibility index (Phi) is 18.2. The standard InChI is InChI=1S/C41H59N2O5/c1-5-7-8-9-10-11-12-13-14-15-16-17-18-23-31-48-38-28-27-34(32-39(38)47-4)40(44)43(33-35-24-21-22-30-42(35)29-6-2)41(45)36-25-19-20-26-37(36)46-3/h19-22,24-28,30,32H,5-18,23,29,31,33H2,1-4H3/q+1. The van der Waals surface area contributed by atoms with E-state index in [2.05, 4.69) is 18.4 Å². The van der Waals surface area contributed by atoms with E-state index >= 15 is 0 Å². The van der Waals surface area contributed by atoms with Crippen LogP contribution in [-0.2, 0) is 13.1 Å². The fourth-order valence-electron chi connectivity index (χ4n) is 6.03. The number of carbonyl (C=O) groups is 2. The molecule has 0 saturated heterocycles. The summed E-state index contributed by atoms with van der Waals surface area (Å²) in [4.78, 5) is 29.3. The van der Waals surface area contributed by atoms with Gasteiger partial charge in [0.05, 0.1) is 26.4 Å². The Balaban J connectivity index is 1.56. The van der Waals surface area contributed by atoms with Crippen LogP contribution < -0.4 is 18.8 Å². The van der Waals surface area contributed by atoms with Crippen LogP contribution >= 0.6 is 0 Å². The van der Waals surface area contributed by atoms with Crippen molar-refractivity contribution in [3.8, 4) is 17.2 Å². The largest absolute Gasteiger partial charge is 0.496 e. The third kappa shape index (κ3) is 12.6. The number of methoxy groups -OCH3 is 2. The second-order valence-electron chi connectivity index (χ2n) is 12.6. The number of unbranched alkanes of at least 4 members (excludes halogenated alkanes) is 13. The Hall–Kier alpha value is -3.87. The average Bonchev–Trinajstić information content (AvgIpc) is 3.12. The molecule has 1 aromatic heterocycles. The van der Waals surface area contributed by atoms with Crippen LogP contribution in [0.4, 0.5) is 0 Å². The lowest BCUT2D eigenvalue weighted by atomic mass is 10.0. The third-order valence-electron chi connectivity index (χ3n) is 8.81. The van der Waals surface area contributed by atoms with E-state index in [1.54, 1.807) is 49.6 Å². The number of carbonyl (C=O) groups excluding carboxylic acids is 2. The van der Waals surface area contributed by atoms with E-state index in [4.69, 9.17) is 14.2 Å². The lowest BCUT2D eigenvalue weighted by Gasteiger charge is -2.22. The minimum Gasteiger partial charge on any atom is -0.496 e. The minimum absolute atomic E-state index is 0.107. The lowest BCUT2D eigenvalue weighted by Crippen LogP contribution is -2.44. The van der Waals surface area contributed by atoms with Gasteiger partial charge in [0.2, 0.25) is 5.69 Å². The number of amides is 2. The van der Waals surface area contributed by atoms with E-state index in [0.717, 1.165) is 31.5 Å². The summed E-state index contributed by atoms with van der Waals surface area (Å²) in [7, 11) is 3.09. The van der Waals surface area contributed by atoms with Crippen molar-refractivity contribution in [2.24, 2.45) is 0 Å². The molecule has 0 saturated carbocycles. The zero-order valence-electron chi connectivity index (χ0n) is 30.0. The molecule has 0 spiro atoms. The zero-order chi connectivity index (χ0) is 34.4. The molecule has 48 heavy (non-hydrogen) atoms. The van der Waals surface area contributed by atoms with Crippen LogP contribution in [0.15, 0.2) is 66.9 Å². The summed E-state index contributed by atoms with van der Waals surface area (Å²) >= 11 is 0. The van der Waals surface area contributed by atoms with Crippen molar-refractivity contribution in [3.05, 3.63) is 83.7 Å². The van der Waals surface area contributed by atoms with Crippen LogP contribution in [0.1, 0.15) is 137 Å². The van der Waals surface area contributed by atoms with Gasteiger partial charge < -0.3 is 14.2 Å². The van der Waals surface area contributed by atoms with Gasteiger partial charge in [-0.3, -0.25) is 14.5 Å². The van der Waals surface area contributed by atoms with Crippen molar-refractivity contribution in [3.63, 3.8) is 0 Å². The Morgan fingerprint density at radius 1 is 0.625 bits per heavy atom. The van der Waals surface area contributed by atoms with Crippen molar-refractivity contribution in [2.75, 3.05) is 20.8 Å². The smallest absolute Gasteiger partial charge is 0.265 e. The van der Waals surface area contributed by atoms with Gasteiger partial charge in [-0.2, -0.15) is 0 Å². The Labute approximate surface area is 289 Å². The first-order valence-corrected chi connectivity index (χ1v) is 18.3. The van der Waals surface area contributed by atoms with Crippen LogP contribution in [-0.4, -0.2) is 37.5 Å². The van der Waals surface area contributed by atoms with Gasteiger partial charge in [0.1, 0.15) is 18.8 Å². The predicted octanol–water partition coefficient (Wildman–Crippen LogP) is 9.74. The molecule has 262 valence electrons. The molecule has 7 heteroatoms. The van der Waals surface area contributed by atoms with Crippen molar-refractivity contribution in [1.29, 1.82) is 0 Å². The summed E-state index contributed by atoms with van der Waals surface area (Å²) in [6.07, 6.45) is 21.2. The number of nitrogens with zero attached hydrogens (tertiary/aromatic N) is 2. The number of imide groups is 1. The van der Waals surface area contributed by atoms with Gasteiger partial charge in [0, 0.05) is 24.1 Å². The number of rotatable bonds is 24. The molecule has 0 aliphatic carbocycles. The van der Waals surface area contributed by atoms with Gasteiger partial charge in [0.25, 0.3) is 11.8 Å². The summed E-state index contributed by atoms with van der Waals surface area (Å²) in [5.74, 6) is 0.627. The molecule has 3 rings (SSSR count). The minimum atomic E-state index is -0.429. The molecule has 7 nitrogen and oxygen atoms in total. The van der Waals surface area contributed by atoms with Crippen LogP contribution in [0, 0.1) is 0 Å². The number of ether oxygens (including phenoxy) is 3. The SMILES string of the molecule is CCCCCCCCCCCCCCCCOc1ccc(C(=O)N(Cc2cccc[n+]2CCC)C(=O)c2ccccc2OC)cc1OC. The van der Waals surface area contributed by atoms with Crippen molar-refractivity contribution < 1.29 is 28.4 Å². The topological polar surface area (TPSA) is 69.0 Å². The number of benzene rings is 2. The Morgan fingerprint density at radius 3 is 1.85 bits per heavy atom. The molecule has 0 radical (unpaired) electrons. The summed E-state index contributed by atoms with van der Waals surface area (Å²) < 4.78 is 19.3. The van der Waals surface area contributed by atoms with E-state index in [1.807, 2.05) is 24.4 Å². The summed E-state index contributed by atoms with van der Waals surface area (Å²) in [6.45, 7) is 5.84. The monoisotopic (exact) mass is 659 g/mol. The van der Waals surface area contributed by atoms with Gasteiger partial charge in [-0.05, 0) is 36.8 Å². The van der Waals surface area contributed by atoms with E-state index in [9.17, 15) is 9.59 Å². The Morgan fingerprint density at radius 2 is 1.23 bits per heavy atom. The average molecular weight is 660 g/mol. The highest BCUT2D eigenvalue weighted by molar-refractivity contribution is 6.11. The first-order valence-electron chi connectivity index (χ1n) is 18.3. The van der Waals surface area contributed by atoms with Crippen LogP contribution in [0.3, 0.4) is 0 Å². The van der Waals surface area contributed by atoms with E-state index in [-0.39, 0.29) is 6.54 Å². The number of hydrogen-bond donors (Lipinski definition) is 0. The molecule has 0 unspecified atom stereocenters. The van der Waals surface area contributed by atoms with Gasteiger partial charge in [-0.15, -0.1) is 0 Å². The van der Waals surface area contributed by atoms with E-state index in [0.29, 0.717) is 35.0 Å². The van der Waals surface area contributed by atoms with Crippen molar-refractivity contribution in [1.82, 2.24) is 4.90 Å². The molecule has 0 aliphatic heterocycles. The van der Waals surface area contributed by atoms with E-state index < -0.39 is 11.8 Å². The van der Waals surface area contributed by atoms with Crippen molar-refractivity contribution >= 4 is 11.8 Å². The van der Waals surface area contributed by atoms with Crippen LogP contribution in [0.5, 0.6) is 17.2 Å². The molecular weight excluding hydrogens is 600 g/mol. The highest BCUT2D eigenvalue weighted by Crippen LogP contribution is 2.30. The second kappa shape index (κ2) is 22.7. The zero-order valence-corrected chi connectivity index (χ0v) is 30.0. The molecular formula is C41H59N2O5+. The first-order chi connectivity index (χ1) is 23.5. The summed E-state index contributed by atoms with van der Waals surface area (Å²) in [5.41, 5.74) is 1.53. The van der Waals surface area contributed by atoms with Gasteiger partial charge in [-0.1, -0.05) is 116 Å². The molecule has 0 bridgehead atoms. The molecule has 2 amide bonds. The maximum atomic E-state index is 14.1. The molecule has 3 aromatic rings. The molecule has 0 aliphatic rings. The highest BCUT2D eigenvalue weighted by Gasteiger charge is 2.30. The number of aromatic nitrogens is 1. The molecule has 0 fully saturated rings. The predicted molar refractivity (Wildman–Crippen MR) is 193 cm³/mol. The molecule has 0 atom stereocenters. The summed E-state index contributed by atoms with van der Waals surface area (Å²) in [5, 5.41) is 0. The third-order valence-corrected chi connectivity index (χ3v) is 8.81. The van der Waals surface area contributed by atoms with Gasteiger partial charge >= 0.3 is 0 Å². The number of hydrogen-bond acceptors (Lipinski definition) is 5.